The van der Waals surface area contributed by atoms with Crippen molar-refractivity contribution in [1.82, 2.24) is 15.0 Å². The van der Waals surface area contributed by atoms with Gasteiger partial charge in [0.25, 0.3) is 0 Å². The van der Waals surface area contributed by atoms with Gasteiger partial charge in [-0.3, -0.25) is 9.59 Å². The van der Waals surface area contributed by atoms with Crippen LogP contribution in [0.25, 0.3) is 5.69 Å². The van der Waals surface area contributed by atoms with E-state index in [1.807, 2.05) is 24.3 Å². The van der Waals surface area contributed by atoms with Gasteiger partial charge < -0.3 is 9.47 Å². The molecule has 0 bridgehead atoms. The van der Waals surface area contributed by atoms with Crippen LogP contribution in [0, 0.1) is 16.6 Å². The summed E-state index contributed by atoms with van der Waals surface area (Å²) in [6.07, 6.45) is 3.78. The molecule has 40 heavy (non-hydrogen) atoms. The van der Waals surface area contributed by atoms with Gasteiger partial charge in [-0.15, -0.1) is 5.10 Å². The predicted molar refractivity (Wildman–Crippen MR) is 146 cm³/mol. The lowest BCUT2D eigenvalue weighted by Crippen LogP contribution is -2.37. The average molecular weight is 542 g/mol. The second kappa shape index (κ2) is 9.54. The zero-order valence-corrected chi connectivity index (χ0v) is 23.2. The Hall–Kier alpha value is -4.07. The second-order valence-electron chi connectivity index (χ2n) is 12.6. The van der Waals surface area contributed by atoms with Crippen molar-refractivity contribution in [2.45, 2.75) is 65.9 Å². The molecule has 0 saturated carbocycles. The fraction of sp³-hybridized carbons (Fsp3) is 0.375. The fourth-order valence-corrected chi connectivity index (χ4v) is 6.04. The molecule has 206 valence electrons. The van der Waals surface area contributed by atoms with E-state index in [-0.39, 0.29) is 34.8 Å². The molecule has 3 aromatic rings. The van der Waals surface area contributed by atoms with Gasteiger partial charge in [0, 0.05) is 42.7 Å². The molecule has 1 aromatic heterocycles. The van der Waals surface area contributed by atoms with E-state index in [4.69, 9.17) is 9.47 Å². The number of allylic oxidation sites excluding steroid dienone is 4. The first kappa shape index (κ1) is 26.2. The van der Waals surface area contributed by atoms with Crippen LogP contribution in [-0.2, 0) is 20.9 Å². The summed E-state index contributed by atoms with van der Waals surface area (Å²) in [6.45, 7) is 8.46. The second-order valence-corrected chi connectivity index (χ2v) is 12.6. The smallest absolute Gasteiger partial charge is 0.163 e. The van der Waals surface area contributed by atoms with Crippen LogP contribution in [0.5, 0.6) is 5.75 Å². The highest BCUT2D eigenvalue weighted by Crippen LogP contribution is 2.53. The maximum Gasteiger partial charge on any atom is 0.163 e. The number of Topliss-reactive ketones (excluding diaryl/α,β-unsaturated/α-hetero) is 2. The number of ether oxygens (including phenoxy) is 2. The lowest BCUT2D eigenvalue weighted by molar-refractivity contribution is -0.120. The molecule has 0 N–H and O–H groups in total. The fourth-order valence-electron chi connectivity index (χ4n) is 6.04. The van der Waals surface area contributed by atoms with Crippen LogP contribution < -0.4 is 4.74 Å². The van der Waals surface area contributed by atoms with Crippen molar-refractivity contribution >= 4 is 11.6 Å². The molecule has 0 amide bonds. The summed E-state index contributed by atoms with van der Waals surface area (Å²) in [7, 11) is 0. The Kier molecular flexibility index (Phi) is 6.24. The third kappa shape index (κ3) is 4.87. The summed E-state index contributed by atoms with van der Waals surface area (Å²) >= 11 is 0. The molecule has 8 heteroatoms. The third-order valence-corrected chi connectivity index (χ3v) is 7.82. The van der Waals surface area contributed by atoms with E-state index in [1.54, 1.807) is 24.4 Å². The average Bonchev–Trinajstić information content (AvgIpc) is 3.34. The highest BCUT2D eigenvalue weighted by molar-refractivity contribution is 6.06. The normalized spacial score (nSPS) is 20.2. The summed E-state index contributed by atoms with van der Waals surface area (Å²) in [5.74, 6) is 1.26. The molecule has 0 saturated heterocycles. The minimum absolute atomic E-state index is 0.0405. The highest BCUT2D eigenvalue weighted by atomic mass is 19.1. The minimum Gasteiger partial charge on any atom is -0.487 e. The van der Waals surface area contributed by atoms with Crippen LogP contribution in [0.15, 0.2) is 77.4 Å². The van der Waals surface area contributed by atoms with Gasteiger partial charge in [-0.25, -0.2) is 9.07 Å². The van der Waals surface area contributed by atoms with E-state index in [9.17, 15) is 14.0 Å². The number of hydrogen-bond donors (Lipinski definition) is 0. The van der Waals surface area contributed by atoms with E-state index < -0.39 is 5.92 Å². The molecule has 2 aromatic carbocycles. The van der Waals surface area contributed by atoms with Crippen molar-refractivity contribution in [2.75, 3.05) is 0 Å². The Bertz CT molecular complexity index is 1530. The number of carbonyl (C=O) groups excluding carboxylic acids is 2. The van der Waals surface area contributed by atoms with E-state index in [0.717, 1.165) is 5.56 Å². The summed E-state index contributed by atoms with van der Waals surface area (Å²) in [5.41, 5.74) is 2.56. The van der Waals surface area contributed by atoms with Crippen molar-refractivity contribution in [2.24, 2.45) is 10.8 Å². The summed E-state index contributed by atoms with van der Waals surface area (Å²) in [6, 6.07) is 13.8. The third-order valence-electron chi connectivity index (χ3n) is 7.82. The Balaban J connectivity index is 1.26. The number of nitrogens with zero attached hydrogens (tertiary/aromatic N) is 3. The molecule has 0 spiro atoms. The van der Waals surface area contributed by atoms with Crippen LogP contribution >= 0.6 is 0 Å². The first-order valence-corrected chi connectivity index (χ1v) is 13.6. The quantitative estimate of drug-likeness (QED) is 0.373. The largest absolute Gasteiger partial charge is 0.487 e. The molecule has 2 heterocycles. The predicted octanol–water partition coefficient (Wildman–Crippen LogP) is 6.39. The summed E-state index contributed by atoms with van der Waals surface area (Å²) < 4.78 is 27.8. The number of benzene rings is 2. The molecule has 6 rings (SSSR count). The van der Waals surface area contributed by atoms with Crippen LogP contribution in [0.3, 0.4) is 0 Å². The van der Waals surface area contributed by atoms with Crippen molar-refractivity contribution in [1.29, 1.82) is 0 Å². The molecule has 0 radical (unpaired) electrons. The van der Waals surface area contributed by atoms with Crippen molar-refractivity contribution < 1.29 is 23.5 Å². The number of carbonyl (C=O) groups is 2. The SMILES string of the molecule is CC1(C)CC(=O)C2=C(C1)OC1=C(C(=O)CC(C)(C)C1)C2c1ccc(OCc2cn(-c3ccccc3F)nn2)cc1. The monoisotopic (exact) mass is 541 g/mol. The molecule has 2 aliphatic carbocycles. The maximum atomic E-state index is 14.1. The van der Waals surface area contributed by atoms with Crippen molar-refractivity contribution in [3.05, 3.63) is 94.5 Å². The van der Waals surface area contributed by atoms with E-state index in [1.165, 1.54) is 10.7 Å². The Labute approximate surface area is 232 Å². The van der Waals surface area contributed by atoms with Crippen LogP contribution in [0.1, 0.15) is 70.6 Å². The number of ketones is 2. The van der Waals surface area contributed by atoms with Gasteiger partial charge in [-0.1, -0.05) is 57.2 Å². The van der Waals surface area contributed by atoms with Gasteiger partial charge in [0.05, 0.1) is 6.20 Å². The standard InChI is InChI=1S/C32H32FN3O4/c1-31(2)13-24(37)29-26(15-31)40-27-16-32(3,4)14-25(38)30(27)28(29)19-9-11-21(12-10-19)39-18-20-17-36(35-34-20)23-8-6-5-7-22(23)33/h5-12,17,28H,13-16,18H2,1-4H3. The van der Waals surface area contributed by atoms with Crippen LogP contribution in [-0.4, -0.2) is 26.6 Å². The summed E-state index contributed by atoms with van der Waals surface area (Å²) in [5, 5.41) is 8.10. The minimum atomic E-state index is -0.444. The highest BCUT2D eigenvalue weighted by Gasteiger charge is 2.47. The molecule has 0 fully saturated rings. The van der Waals surface area contributed by atoms with Crippen molar-refractivity contribution in [3.63, 3.8) is 0 Å². The lowest BCUT2D eigenvalue weighted by atomic mass is 9.65. The first-order chi connectivity index (χ1) is 19.0. The molecule has 0 atom stereocenters. The van der Waals surface area contributed by atoms with Gasteiger partial charge in [-0.05, 0) is 40.7 Å². The van der Waals surface area contributed by atoms with Crippen LogP contribution in [0.2, 0.25) is 0 Å². The molecule has 0 unspecified atom stereocenters. The Morgan fingerprint density at radius 3 is 2.10 bits per heavy atom. The molecule has 1 aliphatic heterocycles. The van der Waals surface area contributed by atoms with E-state index in [2.05, 4.69) is 38.0 Å². The lowest BCUT2D eigenvalue weighted by Gasteiger charge is -2.42. The number of hydrogen-bond acceptors (Lipinski definition) is 6. The zero-order valence-electron chi connectivity index (χ0n) is 23.2. The van der Waals surface area contributed by atoms with Crippen molar-refractivity contribution in [3.8, 4) is 11.4 Å². The number of para-hydroxylation sites is 1. The van der Waals surface area contributed by atoms with Gasteiger partial charge in [0.15, 0.2) is 11.6 Å². The van der Waals surface area contributed by atoms with Gasteiger partial charge in [0.2, 0.25) is 0 Å². The van der Waals surface area contributed by atoms with E-state index in [0.29, 0.717) is 65.5 Å². The van der Waals surface area contributed by atoms with Gasteiger partial charge >= 0.3 is 0 Å². The molecule has 3 aliphatic rings. The first-order valence-electron chi connectivity index (χ1n) is 13.6. The van der Waals surface area contributed by atoms with Crippen LogP contribution in [0.4, 0.5) is 4.39 Å². The zero-order chi connectivity index (χ0) is 28.2. The number of rotatable bonds is 5. The van der Waals surface area contributed by atoms with Gasteiger partial charge in [-0.2, -0.15) is 0 Å². The Morgan fingerprint density at radius 2 is 1.50 bits per heavy atom. The molecule has 7 nitrogen and oxygen atoms in total. The molecular weight excluding hydrogens is 509 g/mol. The maximum absolute atomic E-state index is 14.1. The van der Waals surface area contributed by atoms with E-state index >= 15 is 0 Å². The Morgan fingerprint density at radius 1 is 0.900 bits per heavy atom. The van der Waals surface area contributed by atoms with Gasteiger partial charge in [0.1, 0.15) is 41.1 Å². The summed E-state index contributed by atoms with van der Waals surface area (Å²) in [4.78, 5) is 26.9. The number of aromatic nitrogens is 3. The topological polar surface area (TPSA) is 83.3 Å². The number of halogens is 1. The molecular formula is C32H32FN3O4.